The number of amides is 1. The average molecular weight is 320 g/mol. The van der Waals surface area contributed by atoms with Gasteiger partial charge in [0.25, 0.3) is 11.6 Å². The summed E-state index contributed by atoms with van der Waals surface area (Å²) in [6.45, 7) is -0.402. The van der Waals surface area contributed by atoms with Crippen molar-refractivity contribution in [1.82, 2.24) is 0 Å². The van der Waals surface area contributed by atoms with Gasteiger partial charge < -0.3 is 10.1 Å². The minimum atomic E-state index is -0.530. The molecule has 0 radical (unpaired) electrons. The number of carbonyl (C=O) groups excluding carboxylic acids is 2. The summed E-state index contributed by atoms with van der Waals surface area (Å²) in [6, 6.07) is 9.00. The molecule has 7 nitrogen and oxygen atoms in total. The van der Waals surface area contributed by atoms with Gasteiger partial charge in [-0.3, -0.25) is 19.7 Å². The van der Waals surface area contributed by atoms with E-state index >= 15 is 0 Å². The van der Waals surface area contributed by atoms with E-state index < -0.39 is 23.4 Å². The molecular weight excluding hydrogens is 308 g/mol. The van der Waals surface area contributed by atoms with Gasteiger partial charge in [-0.2, -0.15) is 0 Å². The summed E-state index contributed by atoms with van der Waals surface area (Å²) in [4.78, 5) is 34.0. The zero-order valence-electron chi connectivity index (χ0n) is 11.4. The van der Waals surface area contributed by atoms with E-state index in [-0.39, 0.29) is 12.1 Å². The summed E-state index contributed by atoms with van der Waals surface area (Å²) >= 11 is 1.44. The Morgan fingerprint density at radius 3 is 2.55 bits per heavy atom. The highest BCUT2D eigenvalue weighted by atomic mass is 32.1. The number of anilines is 1. The maximum absolute atomic E-state index is 11.6. The molecular formula is C14H12N2O5S. The number of carbonyl (C=O) groups is 2. The van der Waals surface area contributed by atoms with Gasteiger partial charge in [0.1, 0.15) is 0 Å². The fourth-order valence-electron chi connectivity index (χ4n) is 1.62. The standard InChI is InChI=1S/C14H12N2O5S/c17-13(9-21-14(18)8-12-2-1-7-22-12)15-10-3-5-11(6-4-10)16(19)20/h1-7H,8-9H2,(H,15,17). The van der Waals surface area contributed by atoms with Crippen molar-refractivity contribution >= 4 is 34.6 Å². The van der Waals surface area contributed by atoms with Crippen molar-refractivity contribution in [3.05, 3.63) is 56.8 Å². The number of esters is 1. The zero-order valence-corrected chi connectivity index (χ0v) is 12.2. The van der Waals surface area contributed by atoms with Gasteiger partial charge in [-0.05, 0) is 23.6 Å². The summed E-state index contributed by atoms with van der Waals surface area (Å²) in [5, 5.41) is 14.8. The van der Waals surface area contributed by atoms with Gasteiger partial charge in [0, 0.05) is 22.7 Å². The van der Waals surface area contributed by atoms with Crippen molar-refractivity contribution in [1.29, 1.82) is 0 Å². The molecule has 1 amide bonds. The first kappa shape index (κ1) is 15.6. The van der Waals surface area contributed by atoms with Crippen molar-refractivity contribution < 1.29 is 19.2 Å². The lowest BCUT2D eigenvalue weighted by atomic mass is 10.3. The molecule has 0 bridgehead atoms. The molecule has 1 N–H and O–H groups in total. The van der Waals surface area contributed by atoms with Gasteiger partial charge in [-0.1, -0.05) is 6.07 Å². The minimum absolute atomic E-state index is 0.0691. The smallest absolute Gasteiger partial charge is 0.311 e. The number of nitrogens with one attached hydrogen (secondary N) is 1. The number of hydrogen-bond donors (Lipinski definition) is 1. The van der Waals surface area contributed by atoms with E-state index in [1.807, 2.05) is 17.5 Å². The lowest BCUT2D eigenvalue weighted by molar-refractivity contribution is -0.384. The number of rotatable bonds is 6. The van der Waals surface area contributed by atoms with E-state index in [4.69, 9.17) is 4.74 Å². The van der Waals surface area contributed by atoms with Gasteiger partial charge in [0.05, 0.1) is 11.3 Å². The molecule has 0 unspecified atom stereocenters. The normalized spacial score (nSPS) is 10.0. The van der Waals surface area contributed by atoms with Crippen LogP contribution >= 0.6 is 11.3 Å². The van der Waals surface area contributed by atoms with Crippen molar-refractivity contribution in [2.75, 3.05) is 11.9 Å². The molecule has 1 aromatic heterocycles. The summed E-state index contributed by atoms with van der Waals surface area (Å²) < 4.78 is 4.86. The molecule has 0 aliphatic carbocycles. The van der Waals surface area contributed by atoms with E-state index in [0.29, 0.717) is 5.69 Å². The maximum Gasteiger partial charge on any atom is 0.311 e. The van der Waals surface area contributed by atoms with E-state index in [9.17, 15) is 19.7 Å². The highest BCUT2D eigenvalue weighted by Crippen LogP contribution is 2.15. The molecule has 8 heteroatoms. The summed E-state index contributed by atoms with van der Waals surface area (Å²) in [5.74, 6) is -0.991. The number of non-ortho nitro benzene ring substituents is 1. The third-order valence-electron chi connectivity index (χ3n) is 2.62. The number of ether oxygens (including phenoxy) is 1. The Bertz CT molecular complexity index is 667. The Morgan fingerprint density at radius 1 is 1.23 bits per heavy atom. The molecule has 0 aliphatic rings. The predicted molar refractivity (Wildman–Crippen MR) is 80.7 cm³/mol. The van der Waals surface area contributed by atoms with E-state index in [2.05, 4.69) is 5.32 Å². The lowest BCUT2D eigenvalue weighted by Crippen LogP contribution is -2.21. The second kappa shape index (κ2) is 7.32. The monoisotopic (exact) mass is 320 g/mol. The molecule has 22 heavy (non-hydrogen) atoms. The maximum atomic E-state index is 11.6. The highest BCUT2D eigenvalue weighted by molar-refractivity contribution is 7.10. The lowest BCUT2D eigenvalue weighted by Gasteiger charge is -2.06. The molecule has 0 saturated heterocycles. The molecule has 0 spiro atoms. The van der Waals surface area contributed by atoms with Crippen molar-refractivity contribution in [2.24, 2.45) is 0 Å². The Labute approximate surface area is 129 Å². The van der Waals surface area contributed by atoms with Crippen molar-refractivity contribution in [3.63, 3.8) is 0 Å². The molecule has 2 rings (SSSR count). The Hall–Kier alpha value is -2.74. The average Bonchev–Trinajstić information content (AvgIpc) is 2.98. The molecule has 2 aromatic rings. The number of nitrogens with zero attached hydrogens (tertiary/aromatic N) is 1. The molecule has 0 atom stereocenters. The molecule has 0 fully saturated rings. The molecule has 0 saturated carbocycles. The molecule has 1 heterocycles. The van der Waals surface area contributed by atoms with Gasteiger partial charge in [-0.25, -0.2) is 0 Å². The van der Waals surface area contributed by atoms with Gasteiger partial charge in [0.15, 0.2) is 6.61 Å². The van der Waals surface area contributed by atoms with Gasteiger partial charge >= 0.3 is 5.97 Å². The summed E-state index contributed by atoms with van der Waals surface area (Å²) in [6.07, 6.45) is 0.127. The van der Waals surface area contributed by atoms with Crippen LogP contribution in [0.2, 0.25) is 0 Å². The summed E-state index contributed by atoms with van der Waals surface area (Å²) in [7, 11) is 0. The highest BCUT2D eigenvalue weighted by Gasteiger charge is 2.10. The van der Waals surface area contributed by atoms with Crippen LogP contribution in [-0.4, -0.2) is 23.4 Å². The number of hydrogen-bond acceptors (Lipinski definition) is 6. The number of nitro groups is 1. The summed E-state index contributed by atoms with van der Waals surface area (Å²) in [5.41, 5.74) is 0.324. The minimum Gasteiger partial charge on any atom is -0.455 e. The van der Waals surface area contributed by atoms with Crippen LogP contribution in [0.25, 0.3) is 0 Å². The number of thiophene rings is 1. The van der Waals surface area contributed by atoms with Crippen molar-refractivity contribution in [2.45, 2.75) is 6.42 Å². The fraction of sp³-hybridized carbons (Fsp3) is 0.143. The second-order valence-corrected chi connectivity index (χ2v) is 5.30. The third kappa shape index (κ3) is 4.67. The van der Waals surface area contributed by atoms with E-state index in [1.165, 1.54) is 35.6 Å². The first-order chi connectivity index (χ1) is 10.5. The van der Waals surface area contributed by atoms with Crippen LogP contribution < -0.4 is 5.32 Å². The van der Waals surface area contributed by atoms with Crippen LogP contribution in [0.5, 0.6) is 0 Å². The van der Waals surface area contributed by atoms with Crippen LogP contribution in [0, 0.1) is 10.1 Å². The Morgan fingerprint density at radius 2 is 1.95 bits per heavy atom. The van der Waals surface area contributed by atoms with Crippen LogP contribution in [0.15, 0.2) is 41.8 Å². The molecule has 114 valence electrons. The first-order valence-corrected chi connectivity index (χ1v) is 7.15. The quantitative estimate of drug-likeness (QED) is 0.500. The number of nitro benzene ring substituents is 1. The number of benzene rings is 1. The first-order valence-electron chi connectivity index (χ1n) is 6.27. The van der Waals surface area contributed by atoms with Crippen LogP contribution in [-0.2, 0) is 20.7 Å². The van der Waals surface area contributed by atoms with Crippen LogP contribution in [0.3, 0.4) is 0 Å². The van der Waals surface area contributed by atoms with Gasteiger partial charge in [0.2, 0.25) is 0 Å². The third-order valence-corrected chi connectivity index (χ3v) is 3.50. The van der Waals surface area contributed by atoms with Gasteiger partial charge in [-0.15, -0.1) is 11.3 Å². The van der Waals surface area contributed by atoms with Crippen LogP contribution in [0.1, 0.15) is 4.88 Å². The SMILES string of the molecule is O=C(COC(=O)Cc1cccs1)Nc1ccc([N+](=O)[O-])cc1. The Kier molecular flexibility index (Phi) is 5.21. The fourth-order valence-corrected chi connectivity index (χ4v) is 2.31. The molecule has 0 aliphatic heterocycles. The zero-order chi connectivity index (χ0) is 15.9. The second-order valence-electron chi connectivity index (χ2n) is 4.27. The Balaban J connectivity index is 1.77. The largest absolute Gasteiger partial charge is 0.455 e. The predicted octanol–water partition coefficient (Wildman–Crippen LogP) is 2.38. The topological polar surface area (TPSA) is 98.5 Å². The van der Waals surface area contributed by atoms with Crippen LogP contribution in [0.4, 0.5) is 11.4 Å². The van der Waals surface area contributed by atoms with E-state index in [0.717, 1.165) is 4.88 Å². The van der Waals surface area contributed by atoms with E-state index in [1.54, 1.807) is 0 Å². The molecule has 1 aromatic carbocycles. The van der Waals surface area contributed by atoms with Crippen molar-refractivity contribution in [3.8, 4) is 0 Å².